The Morgan fingerprint density at radius 2 is 1.93 bits per heavy atom. The Kier molecular flexibility index (Phi) is 7.27. The summed E-state index contributed by atoms with van der Waals surface area (Å²) in [6.07, 6.45) is 9.89. The summed E-state index contributed by atoms with van der Waals surface area (Å²) in [4.78, 5) is 31.1. The number of likely N-dealkylation sites (tertiary alicyclic amines) is 1. The van der Waals surface area contributed by atoms with Gasteiger partial charge in [0.2, 0.25) is 5.91 Å². The molecular formula is C36H44N2O5. The van der Waals surface area contributed by atoms with E-state index in [9.17, 15) is 9.59 Å². The first-order valence-corrected chi connectivity index (χ1v) is 16.2. The highest BCUT2D eigenvalue weighted by Gasteiger charge is 2.67. The molecule has 7 rings (SSSR count). The van der Waals surface area contributed by atoms with Gasteiger partial charge < -0.3 is 19.1 Å². The van der Waals surface area contributed by atoms with Gasteiger partial charge in [0, 0.05) is 54.7 Å². The highest BCUT2D eigenvalue weighted by atomic mass is 16.5. The molecule has 1 amide bonds. The van der Waals surface area contributed by atoms with Gasteiger partial charge in [0.15, 0.2) is 11.5 Å². The molecule has 0 radical (unpaired) electrons. The number of carbonyl (C=O) groups is 2. The van der Waals surface area contributed by atoms with E-state index in [2.05, 4.69) is 23.6 Å². The maximum atomic E-state index is 14.0. The number of amides is 1. The van der Waals surface area contributed by atoms with Crippen LogP contribution < -0.4 is 14.2 Å². The molecule has 5 aliphatic rings. The van der Waals surface area contributed by atoms with Crippen LogP contribution in [0.2, 0.25) is 0 Å². The molecule has 2 bridgehead atoms. The monoisotopic (exact) mass is 584 g/mol. The van der Waals surface area contributed by atoms with E-state index in [1.165, 1.54) is 25.3 Å². The Labute approximate surface area is 255 Å². The second-order valence-electron chi connectivity index (χ2n) is 13.8. The Hall–Kier alpha value is -3.32. The molecule has 1 spiro atoms. The molecule has 2 saturated carbocycles. The van der Waals surface area contributed by atoms with Gasteiger partial charge in [0.1, 0.15) is 11.9 Å². The third-order valence-electron chi connectivity index (χ3n) is 10.6. The number of hydrogen-bond acceptors (Lipinski definition) is 6. The fourth-order valence-electron chi connectivity index (χ4n) is 8.82. The number of carbonyl (C=O) groups excluding carboxylic acids is 2. The molecule has 5 atom stereocenters. The lowest BCUT2D eigenvalue weighted by atomic mass is 9.50. The van der Waals surface area contributed by atoms with E-state index in [4.69, 9.17) is 14.2 Å². The zero-order valence-electron chi connectivity index (χ0n) is 25.9. The van der Waals surface area contributed by atoms with Crippen molar-refractivity contribution in [1.29, 1.82) is 0 Å². The minimum absolute atomic E-state index is 0.0308. The minimum Gasteiger partial charge on any atom is -0.493 e. The molecule has 3 fully saturated rings. The fourth-order valence-corrected chi connectivity index (χ4v) is 8.82. The van der Waals surface area contributed by atoms with Gasteiger partial charge in [-0.25, -0.2) is 0 Å². The van der Waals surface area contributed by atoms with Crippen LogP contribution in [-0.4, -0.2) is 66.6 Å². The first-order valence-electron chi connectivity index (χ1n) is 16.2. The minimum atomic E-state index is -0.325. The number of piperidine rings is 1. The van der Waals surface area contributed by atoms with Gasteiger partial charge in [-0.1, -0.05) is 44.2 Å². The molecule has 0 N–H and O–H groups in total. The van der Waals surface area contributed by atoms with E-state index in [0.29, 0.717) is 35.9 Å². The van der Waals surface area contributed by atoms with Crippen LogP contribution in [0.15, 0.2) is 42.5 Å². The van der Waals surface area contributed by atoms with Crippen molar-refractivity contribution >= 4 is 18.0 Å². The van der Waals surface area contributed by atoms with Gasteiger partial charge in [0.05, 0.1) is 13.2 Å². The maximum absolute atomic E-state index is 14.0. The highest BCUT2D eigenvalue weighted by Crippen LogP contribution is 2.66. The summed E-state index contributed by atoms with van der Waals surface area (Å²) >= 11 is 0. The van der Waals surface area contributed by atoms with Crippen molar-refractivity contribution in [3.8, 4) is 17.2 Å². The van der Waals surface area contributed by atoms with Gasteiger partial charge in [-0.15, -0.1) is 0 Å². The Balaban J connectivity index is 1.32. The van der Waals surface area contributed by atoms with Crippen LogP contribution in [-0.2, 0) is 21.4 Å². The van der Waals surface area contributed by atoms with Crippen LogP contribution in [0.4, 0.5) is 0 Å². The fraction of sp³-hybridized carbons (Fsp3) is 0.556. The number of benzene rings is 2. The number of ether oxygens (including phenoxy) is 3. The van der Waals surface area contributed by atoms with Crippen LogP contribution in [0.1, 0.15) is 69.6 Å². The van der Waals surface area contributed by atoms with Gasteiger partial charge in [-0.2, -0.15) is 0 Å². The van der Waals surface area contributed by atoms with Crippen molar-refractivity contribution in [1.82, 2.24) is 9.80 Å². The molecule has 3 aliphatic carbocycles. The normalized spacial score (nSPS) is 28.9. The lowest BCUT2D eigenvalue weighted by molar-refractivity contribution is -0.139. The molecule has 7 heteroatoms. The second kappa shape index (κ2) is 11.0. The van der Waals surface area contributed by atoms with Gasteiger partial charge >= 0.3 is 5.97 Å². The van der Waals surface area contributed by atoms with Crippen molar-refractivity contribution in [2.24, 2.45) is 17.8 Å². The lowest BCUT2D eigenvalue weighted by Gasteiger charge is -2.60. The van der Waals surface area contributed by atoms with Gasteiger partial charge in [-0.05, 0) is 74.5 Å². The SMILES string of the molecule is COc1cc(OC(C)=O)c2c3c1O[C@H]1[C@@H](N(CC(C)C)C(=O)C=Cc4ccccc4)CC[C@H]4[C@@H](C2)N(CC2CC2)CC[C@@]341. The number of esters is 1. The maximum Gasteiger partial charge on any atom is 0.308 e. The van der Waals surface area contributed by atoms with Crippen molar-refractivity contribution in [2.75, 3.05) is 26.7 Å². The standard InChI is InChI=1S/C36H44N2O5/c1-22(2)20-38(32(40)15-12-24-8-6-5-7-9-24)28-14-13-27-29-18-26-30(42-23(3)39)19-31(41-4)34-33(26)36(27,35(28)43-34)16-17-37(29)21-25-10-11-25/h5-9,12,15,19,22,25,27-29,35H,10-11,13-14,16-18,20-21H2,1-4H3/t27-,28-,29+,35-,36-/m0/s1. The quantitative estimate of drug-likeness (QED) is 0.216. The summed E-state index contributed by atoms with van der Waals surface area (Å²) in [6, 6.07) is 12.2. The number of methoxy groups -OCH3 is 1. The van der Waals surface area contributed by atoms with Crippen molar-refractivity contribution in [2.45, 2.75) is 82.9 Å². The second-order valence-corrected chi connectivity index (χ2v) is 13.8. The molecule has 2 aliphatic heterocycles. The number of rotatable bonds is 9. The van der Waals surface area contributed by atoms with E-state index in [-0.39, 0.29) is 29.4 Å². The summed E-state index contributed by atoms with van der Waals surface area (Å²) in [5.74, 6) is 3.25. The van der Waals surface area contributed by atoms with Crippen LogP contribution in [0.25, 0.3) is 6.08 Å². The molecule has 2 aromatic rings. The van der Waals surface area contributed by atoms with Gasteiger partial charge in [-0.3, -0.25) is 14.5 Å². The predicted molar refractivity (Wildman–Crippen MR) is 165 cm³/mol. The Morgan fingerprint density at radius 3 is 2.63 bits per heavy atom. The zero-order chi connectivity index (χ0) is 29.9. The summed E-state index contributed by atoms with van der Waals surface area (Å²) in [5.41, 5.74) is 3.04. The van der Waals surface area contributed by atoms with Crippen LogP contribution in [0, 0.1) is 17.8 Å². The molecule has 7 nitrogen and oxygen atoms in total. The van der Waals surface area contributed by atoms with E-state index in [1.54, 1.807) is 13.2 Å². The topological polar surface area (TPSA) is 68.3 Å². The molecule has 2 heterocycles. The van der Waals surface area contributed by atoms with Crippen molar-refractivity contribution in [3.63, 3.8) is 0 Å². The molecule has 2 aromatic carbocycles. The third kappa shape index (κ3) is 4.84. The molecule has 1 saturated heterocycles. The van der Waals surface area contributed by atoms with E-state index in [0.717, 1.165) is 61.6 Å². The predicted octanol–water partition coefficient (Wildman–Crippen LogP) is 5.64. The first kappa shape index (κ1) is 28.5. The zero-order valence-corrected chi connectivity index (χ0v) is 25.9. The smallest absolute Gasteiger partial charge is 0.308 e. The highest BCUT2D eigenvalue weighted by molar-refractivity contribution is 5.92. The summed E-state index contributed by atoms with van der Waals surface area (Å²) in [7, 11) is 1.65. The van der Waals surface area contributed by atoms with Crippen molar-refractivity contribution < 1.29 is 23.8 Å². The Morgan fingerprint density at radius 1 is 1.14 bits per heavy atom. The first-order chi connectivity index (χ1) is 20.8. The lowest BCUT2D eigenvalue weighted by Crippen LogP contribution is -2.69. The summed E-state index contributed by atoms with van der Waals surface area (Å²) in [6.45, 7) is 8.65. The van der Waals surface area contributed by atoms with Crippen molar-refractivity contribution in [3.05, 3.63) is 59.2 Å². The van der Waals surface area contributed by atoms with Crippen LogP contribution in [0.3, 0.4) is 0 Å². The summed E-state index contributed by atoms with van der Waals surface area (Å²) < 4.78 is 18.8. The number of nitrogens with zero attached hydrogens (tertiary/aromatic N) is 2. The van der Waals surface area contributed by atoms with E-state index in [1.807, 2.05) is 42.5 Å². The number of hydrogen-bond donors (Lipinski definition) is 0. The van der Waals surface area contributed by atoms with E-state index < -0.39 is 0 Å². The third-order valence-corrected chi connectivity index (χ3v) is 10.6. The average molecular weight is 585 g/mol. The molecule has 0 unspecified atom stereocenters. The Bertz CT molecular complexity index is 1430. The van der Waals surface area contributed by atoms with E-state index >= 15 is 0 Å². The molecule has 228 valence electrons. The molecular weight excluding hydrogens is 540 g/mol. The molecule has 43 heavy (non-hydrogen) atoms. The van der Waals surface area contributed by atoms with Crippen LogP contribution >= 0.6 is 0 Å². The largest absolute Gasteiger partial charge is 0.493 e. The van der Waals surface area contributed by atoms with Crippen LogP contribution in [0.5, 0.6) is 17.2 Å². The van der Waals surface area contributed by atoms with Gasteiger partial charge in [0.25, 0.3) is 0 Å². The average Bonchev–Trinajstić information content (AvgIpc) is 3.74. The summed E-state index contributed by atoms with van der Waals surface area (Å²) in [5, 5.41) is 0. The molecule has 0 aromatic heterocycles.